The van der Waals surface area contributed by atoms with E-state index in [1.807, 2.05) is 13.8 Å². The molecule has 3 atom stereocenters. The van der Waals surface area contributed by atoms with Crippen LogP contribution in [0, 0.1) is 12.8 Å². The summed E-state index contributed by atoms with van der Waals surface area (Å²) in [5.41, 5.74) is 0.983. The minimum absolute atomic E-state index is 0.100. The maximum atomic E-state index is 12.8. The molecular weight excluding hydrogens is 348 g/mol. The molecule has 3 heterocycles. The maximum absolute atomic E-state index is 12.8. The average Bonchev–Trinajstić information content (AvgIpc) is 2.94. The van der Waals surface area contributed by atoms with Gasteiger partial charge in [0.15, 0.2) is 0 Å². The summed E-state index contributed by atoms with van der Waals surface area (Å²) < 4.78 is 28.8. The molecule has 1 aromatic rings. The zero-order valence-corrected chi connectivity index (χ0v) is 14.1. The van der Waals surface area contributed by atoms with Gasteiger partial charge in [-0.25, -0.2) is 8.42 Å². The third-order valence-electron chi connectivity index (χ3n) is 4.08. The molecule has 0 aliphatic carbocycles. The first kappa shape index (κ1) is 14.0. The van der Waals surface area contributed by atoms with Crippen molar-refractivity contribution in [3.8, 4) is 0 Å². The summed E-state index contributed by atoms with van der Waals surface area (Å²) in [6, 6.07) is 2.00. The van der Waals surface area contributed by atoms with Crippen molar-refractivity contribution in [2.75, 3.05) is 13.1 Å². The summed E-state index contributed by atoms with van der Waals surface area (Å²) in [6.07, 6.45) is 0.961. The highest BCUT2D eigenvalue weighted by Gasteiger charge is 2.48. The Balaban J connectivity index is 2.00. The number of hydrogen-bond donors (Lipinski definition) is 1. The third kappa shape index (κ3) is 2.19. The molecule has 19 heavy (non-hydrogen) atoms. The minimum Gasteiger partial charge on any atom is -0.315 e. The van der Waals surface area contributed by atoms with Crippen molar-refractivity contribution in [1.82, 2.24) is 9.62 Å². The molecule has 0 amide bonds. The Labute approximate surface area is 126 Å². The van der Waals surface area contributed by atoms with E-state index >= 15 is 0 Å². The first-order valence-corrected chi connectivity index (χ1v) is 9.46. The Morgan fingerprint density at radius 1 is 1.47 bits per heavy atom. The van der Waals surface area contributed by atoms with Crippen molar-refractivity contribution in [1.29, 1.82) is 0 Å². The number of sulfonamides is 1. The van der Waals surface area contributed by atoms with Crippen LogP contribution in [0.3, 0.4) is 0 Å². The van der Waals surface area contributed by atoms with Gasteiger partial charge < -0.3 is 5.32 Å². The number of rotatable bonds is 2. The van der Waals surface area contributed by atoms with Crippen molar-refractivity contribution in [2.45, 2.75) is 36.6 Å². The van der Waals surface area contributed by atoms with E-state index in [1.165, 1.54) is 11.3 Å². The van der Waals surface area contributed by atoms with Gasteiger partial charge in [0.1, 0.15) is 4.21 Å². The molecule has 1 N–H and O–H groups in total. The van der Waals surface area contributed by atoms with E-state index < -0.39 is 10.0 Å². The minimum atomic E-state index is -3.36. The fourth-order valence-electron chi connectivity index (χ4n) is 3.20. The van der Waals surface area contributed by atoms with Crippen LogP contribution in [0.4, 0.5) is 0 Å². The standard InChI is InChI=1S/C12H17BrN2O2S2/c1-7-3-11(18-12(7)13)19(16,17)15-8(2)4-9-5-14-6-10(9)15/h3,8-10,14H,4-6H2,1-2H3. The van der Waals surface area contributed by atoms with Crippen molar-refractivity contribution in [3.63, 3.8) is 0 Å². The molecule has 106 valence electrons. The van der Waals surface area contributed by atoms with Gasteiger partial charge in [-0.1, -0.05) is 0 Å². The molecule has 7 heteroatoms. The van der Waals surface area contributed by atoms with Gasteiger partial charge in [0, 0.05) is 18.6 Å². The van der Waals surface area contributed by atoms with Crippen LogP contribution in [-0.2, 0) is 10.0 Å². The molecule has 0 spiro atoms. The van der Waals surface area contributed by atoms with Crippen LogP contribution < -0.4 is 5.32 Å². The van der Waals surface area contributed by atoms with Gasteiger partial charge in [0.2, 0.25) is 0 Å². The zero-order valence-electron chi connectivity index (χ0n) is 10.9. The molecule has 0 aromatic carbocycles. The molecule has 2 aliphatic rings. The van der Waals surface area contributed by atoms with E-state index in [0.717, 1.165) is 28.9 Å². The van der Waals surface area contributed by atoms with Crippen molar-refractivity contribution in [3.05, 3.63) is 15.4 Å². The molecule has 2 saturated heterocycles. The summed E-state index contributed by atoms with van der Waals surface area (Å²) in [7, 11) is -3.36. The Bertz CT molecular complexity index is 579. The second kappa shape index (κ2) is 4.80. The Hall–Kier alpha value is 0.0500. The molecule has 3 rings (SSSR count). The number of halogens is 1. The predicted molar refractivity (Wildman–Crippen MR) is 80.0 cm³/mol. The van der Waals surface area contributed by atoms with Gasteiger partial charge in [-0.3, -0.25) is 0 Å². The summed E-state index contributed by atoms with van der Waals surface area (Å²) in [5.74, 6) is 0.467. The van der Waals surface area contributed by atoms with Crippen LogP contribution in [0.5, 0.6) is 0 Å². The highest BCUT2D eigenvalue weighted by Crippen LogP contribution is 2.39. The normalized spacial score (nSPS) is 31.8. The molecular formula is C12H17BrN2O2S2. The first-order chi connectivity index (χ1) is 8.91. The molecule has 1 aromatic heterocycles. The van der Waals surface area contributed by atoms with Gasteiger partial charge in [0.25, 0.3) is 10.0 Å². The van der Waals surface area contributed by atoms with Crippen LogP contribution in [0.1, 0.15) is 18.9 Å². The summed E-state index contributed by atoms with van der Waals surface area (Å²) >= 11 is 4.72. The van der Waals surface area contributed by atoms with E-state index in [2.05, 4.69) is 21.2 Å². The summed E-state index contributed by atoms with van der Waals surface area (Å²) in [6.45, 7) is 5.66. The highest BCUT2D eigenvalue weighted by atomic mass is 79.9. The number of nitrogens with one attached hydrogen (secondary N) is 1. The Kier molecular flexibility index (Phi) is 3.54. The lowest BCUT2D eigenvalue weighted by Gasteiger charge is -2.25. The van der Waals surface area contributed by atoms with Crippen molar-refractivity contribution >= 4 is 37.3 Å². The fourth-order valence-corrected chi connectivity index (χ4v) is 7.42. The van der Waals surface area contributed by atoms with Crippen LogP contribution in [-0.4, -0.2) is 37.9 Å². The lowest BCUT2D eigenvalue weighted by atomic mass is 10.0. The summed E-state index contributed by atoms with van der Waals surface area (Å²) in [5, 5.41) is 3.30. The molecule has 0 bridgehead atoms. The Morgan fingerprint density at radius 2 is 2.21 bits per heavy atom. The topological polar surface area (TPSA) is 49.4 Å². The van der Waals surface area contributed by atoms with E-state index in [9.17, 15) is 8.42 Å². The van der Waals surface area contributed by atoms with Crippen LogP contribution in [0.15, 0.2) is 14.1 Å². The maximum Gasteiger partial charge on any atom is 0.253 e. The zero-order chi connectivity index (χ0) is 13.8. The molecule has 3 unspecified atom stereocenters. The Morgan fingerprint density at radius 3 is 2.84 bits per heavy atom. The van der Waals surface area contributed by atoms with E-state index in [1.54, 1.807) is 10.4 Å². The lowest BCUT2D eigenvalue weighted by molar-refractivity contribution is 0.336. The number of thiophene rings is 1. The van der Waals surface area contributed by atoms with Gasteiger partial charge in [-0.15, -0.1) is 11.3 Å². The number of nitrogens with zero attached hydrogens (tertiary/aromatic N) is 1. The number of fused-ring (bicyclic) bond motifs is 1. The van der Waals surface area contributed by atoms with Crippen LogP contribution in [0.2, 0.25) is 0 Å². The lowest BCUT2D eigenvalue weighted by Crippen LogP contribution is -2.42. The van der Waals surface area contributed by atoms with Gasteiger partial charge in [-0.2, -0.15) is 4.31 Å². The molecule has 2 fully saturated rings. The smallest absolute Gasteiger partial charge is 0.253 e. The summed E-state index contributed by atoms with van der Waals surface area (Å²) in [4.78, 5) is 0. The van der Waals surface area contributed by atoms with E-state index in [0.29, 0.717) is 10.1 Å². The SMILES string of the molecule is Cc1cc(S(=O)(=O)N2C(C)CC3CNCC32)sc1Br. The number of hydrogen-bond acceptors (Lipinski definition) is 4. The van der Waals surface area contributed by atoms with Gasteiger partial charge in [0.05, 0.1) is 3.79 Å². The second-order valence-corrected chi connectivity index (χ2v) is 9.87. The van der Waals surface area contributed by atoms with Gasteiger partial charge >= 0.3 is 0 Å². The van der Waals surface area contributed by atoms with E-state index in [4.69, 9.17) is 0 Å². The monoisotopic (exact) mass is 364 g/mol. The highest BCUT2D eigenvalue weighted by molar-refractivity contribution is 9.11. The molecule has 4 nitrogen and oxygen atoms in total. The van der Waals surface area contributed by atoms with Crippen molar-refractivity contribution < 1.29 is 8.42 Å². The third-order valence-corrected chi connectivity index (χ3v) is 8.70. The fraction of sp³-hybridized carbons (Fsp3) is 0.667. The second-order valence-electron chi connectivity index (χ2n) is 5.43. The molecule has 2 aliphatic heterocycles. The van der Waals surface area contributed by atoms with Crippen LogP contribution >= 0.6 is 27.3 Å². The van der Waals surface area contributed by atoms with E-state index in [-0.39, 0.29) is 12.1 Å². The quantitative estimate of drug-likeness (QED) is 0.874. The number of aryl methyl sites for hydroxylation is 1. The molecule has 0 saturated carbocycles. The van der Waals surface area contributed by atoms with Crippen molar-refractivity contribution in [2.24, 2.45) is 5.92 Å². The first-order valence-electron chi connectivity index (χ1n) is 6.41. The predicted octanol–water partition coefficient (Wildman–Crippen LogP) is 2.19. The van der Waals surface area contributed by atoms with Gasteiger partial charge in [-0.05, 0) is 60.3 Å². The van der Waals surface area contributed by atoms with Crippen LogP contribution in [0.25, 0.3) is 0 Å². The average molecular weight is 365 g/mol. The molecule has 0 radical (unpaired) electrons. The largest absolute Gasteiger partial charge is 0.315 e.